The molecular formula is C18H20ClNOS. The zero-order valence-electron chi connectivity index (χ0n) is 13.0. The van der Waals surface area contributed by atoms with Gasteiger partial charge in [0.15, 0.2) is 0 Å². The molecule has 2 aromatic rings. The van der Waals surface area contributed by atoms with Gasteiger partial charge in [0.2, 0.25) is 5.91 Å². The van der Waals surface area contributed by atoms with Gasteiger partial charge in [-0.2, -0.15) is 0 Å². The van der Waals surface area contributed by atoms with E-state index < -0.39 is 0 Å². The monoisotopic (exact) mass is 333 g/mol. The van der Waals surface area contributed by atoms with E-state index in [0.717, 1.165) is 28.1 Å². The van der Waals surface area contributed by atoms with Crippen LogP contribution in [0, 0.1) is 13.8 Å². The molecule has 2 nitrogen and oxygen atoms in total. The summed E-state index contributed by atoms with van der Waals surface area (Å²) in [5.41, 5.74) is 3.09. The highest BCUT2D eigenvalue weighted by molar-refractivity contribution is 8.00. The Kier molecular flexibility index (Phi) is 5.92. The van der Waals surface area contributed by atoms with Crippen molar-refractivity contribution in [3.63, 3.8) is 0 Å². The van der Waals surface area contributed by atoms with Gasteiger partial charge in [-0.05, 0) is 55.7 Å². The fourth-order valence-corrected chi connectivity index (χ4v) is 3.30. The standard InChI is InChI=1S/C18H20ClNOS/c1-4-16(22-15-10-8-14(19)9-11-15)18(21)20-17-12(2)6-5-7-13(17)3/h5-11,16H,4H2,1-3H3,(H,20,21)/t16-/m1/s1. The molecule has 0 bridgehead atoms. The molecule has 0 aliphatic heterocycles. The molecule has 0 aromatic heterocycles. The van der Waals surface area contributed by atoms with E-state index in [9.17, 15) is 4.79 Å². The first kappa shape index (κ1) is 16.9. The summed E-state index contributed by atoms with van der Waals surface area (Å²) in [6.07, 6.45) is 0.768. The number of anilines is 1. The van der Waals surface area contributed by atoms with Gasteiger partial charge >= 0.3 is 0 Å². The molecule has 0 saturated heterocycles. The zero-order chi connectivity index (χ0) is 16.1. The molecule has 1 N–H and O–H groups in total. The number of para-hydroxylation sites is 1. The second-order valence-electron chi connectivity index (χ2n) is 5.22. The summed E-state index contributed by atoms with van der Waals surface area (Å²) in [6.45, 7) is 6.05. The molecule has 0 aliphatic rings. The Hall–Kier alpha value is -1.45. The summed E-state index contributed by atoms with van der Waals surface area (Å²) < 4.78 is 0. The lowest BCUT2D eigenvalue weighted by Gasteiger charge is -2.17. The number of rotatable bonds is 5. The molecule has 2 rings (SSSR count). The lowest BCUT2D eigenvalue weighted by molar-refractivity contribution is -0.115. The summed E-state index contributed by atoms with van der Waals surface area (Å²) in [7, 11) is 0. The van der Waals surface area contributed by atoms with Crippen LogP contribution >= 0.6 is 23.4 Å². The second-order valence-corrected chi connectivity index (χ2v) is 6.94. The molecule has 0 heterocycles. The Morgan fingerprint density at radius 1 is 1.14 bits per heavy atom. The van der Waals surface area contributed by atoms with Crippen LogP contribution < -0.4 is 5.32 Å². The van der Waals surface area contributed by atoms with Gasteiger partial charge < -0.3 is 5.32 Å². The third-order valence-electron chi connectivity index (χ3n) is 3.48. The summed E-state index contributed by atoms with van der Waals surface area (Å²) in [4.78, 5) is 13.6. The molecule has 0 saturated carbocycles. The molecular weight excluding hydrogens is 314 g/mol. The number of hydrogen-bond donors (Lipinski definition) is 1. The van der Waals surface area contributed by atoms with E-state index in [2.05, 4.69) is 5.32 Å². The first-order valence-electron chi connectivity index (χ1n) is 7.30. The van der Waals surface area contributed by atoms with Crippen molar-refractivity contribution in [2.24, 2.45) is 0 Å². The van der Waals surface area contributed by atoms with Crippen molar-refractivity contribution in [3.05, 3.63) is 58.6 Å². The molecule has 0 fully saturated rings. The number of aryl methyl sites for hydroxylation is 2. The van der Waals surface area contributed by atoms with Crippen molar-refractivity contribution in [2.45, 2.75) is 37.3 Å². The molecule has 2 aromatic carbocycles. The maximum atomic E-state index is 12.6. The largest absolute Gasteiger partial charge is 0.325 e. The summed E-state index contributed by atoms with van der Waals surface area (Å²) >= 11 is 7.46. The summed E-state index contributed by atoms with van der Waals surface area (Å²) in [5, 5.41) is 3.66. The number of nitrogens with one attached hydrogen (secondary N) is 1. The minimum Gasteiger partial charge on any atom is -0.325 e. The summed E-state index contributed by atoms with van der Waals surface area (Å²) in [6, 6.07) is 13.6. The van der Waals surface area contributed by atoms with Crippen molar-refractivity contribution < 1.29 is 4.79 Å². The SMILES string of the molecule is CC[C@@H](Sc1ccc(Cl)cc1)C(=O)Nc1c(C)cccc1C. The molecule has 4 heteroatoms. The van der Waals surface area contributed by atoms with E-state index >= 15 is 0 Å². The third kappa shape index (κ3) is 4.28. The van der Waals surface area contributed by atoms with Crippen molar-refractivity contribution >= 4 is 35.0 Å². The second kappa shape index (κ2) is 7.70. The minimum absolute atomic E-state index is 0.0415. The highest BCUT2D eigenvalue weighted by Gasteiger charge is 2.19. The highest BCUT2D eigenvalue weighted by atomic mass is 35.5. The fraction of sp³-hybridized carbons (Fsp3) is 0.278. The molecule has 0 aliphatic carbocycles. The molecule has 0 unspecified atom stereocenters. The average molecular weight is 334 g/mol. The van der Waals surface area contributed by atoms with E-state index in [1.165, 1.54) is 0 Å². The van der Waals surface area contributed by atoms with Crippen LogP contribution in [-0.2, 0) is 4.79 Å². The van der Waals surface area contributed by atoms with Crippen molar-refractivity contribution in [1.82, 2.24) is 0 Å². The molecule has 22 heavy (non-hydrogen) atoms. The van der Waals surface area contributed by atoms with Gasteiger partial charge in [-0.15, -0.1) is 11.8 Å². The van der Waals surface area contributed by atoms with Gasteiger partial charge in [0.05, 0.1) is 5.25 Å². The zero-order valence-corrected chi connectivity index (χ0v) is 14.6. The highest BCUT2D eigenvalue weighted by Crippen LogP contribution is 2.28. The smallest absolute Gasteiger partial charge is 0.237 e. The number of hydrogen-bond acceptors (Lipinski definition) is 2. The predicted molar refractivity (Wildman–Crippen MR) is 95.9 cm³/mol. The maximum Gasteiger partial charge on any atom is 0.237 e. The maximum absolute atomic E-state index is 12.6. The van der Waals surface area contributed by atoms with Gasteiger partial charge in [-0.1, -0.05) is 36.7 Å². The van der Waals surface area contributed by atoms with E-state index in [4.69, 9.17) is 11.6 Å². The van der Waals surface area contributed by atoms with Crippen LogP contribution in [0.15, 0.2) is 47.4 Å². The number of thioether (sulfide) groups is 1. The van der Waals surface area contributed by atoms with Gasteiger partial charge in [0.1, 0.15) is 0 Å². The Morgan fingerprint density at radius 2 is 1.73 bits per heavy atom. The first-order valence-corrected chi connectivity index (χ1v) is 8.56. The Bertz CT molecular complexity index is 634. The molecule has 1 atom stereocenters. The van der Waals surface area contributed by atoms with Crippen LogP contribution in [0.3, 0.4) is 0 Å². The van der Waals surface area contributed by atoms with Gasteiger partial charge in [0.25, 0.3) is 0 Å². The number of halogens is 1. The number of amides is 1. The van der Waals surface area contributed by atoms with E-state index in [0.29, 0.717) is 5.02 Å². The van der Waals surface area contributed by atoms with Crippen LogP contribution in [0.5, 0.6) is 0 Å². The van der Waals surface area contributed by atoms with Gasteiger partial charge in [-0.3, -0.25) is 4.79 Å². The Morgan fingerprint density at radius 3 is 2.27 bits per heavy atom. The number of carbonyl (C=O) groups excluding carboxylic acids is 1. The van der Waals surface area contributed by atoms with Crippen LogP contribution in [0.4, 0.5) is 5.69 Å². The van der Waals surface area contributed by atoms with Crippen LogP contribution in [-0.4, -0.2) is 11.2 Å². The average Bonchev–Trinajstić information content (AvgIpc) is 2.50. The first-order chi connectivity index (χ1) is 10.5. The van der Waals surface area contributed by atoms with Gasteiger partial charge in [0, 0.05) is 15.6 Å². The quantitative estimate of drug-likeness (QED) is 0.735. The molecule has 0 spiro atoms. The number of carbonyl (C=O) groups is 1. The van der Waals surface area contributed by atoms with E-state index in [1.807, 2.05) is 63.2 Å². The lowest BCUT2D eigenvalue weighted by Crippen LogP contribution is -2.25. The fourth-order valence-electron chi connectivity index (χ4n) is 2.21. The van der Waals surface area contributed by atoms with E-state index in [-0.39, 0.29) is 11.2 Å². The third-order valence-corrected chi connectivity index (χ3v) is 5.11. The summed E-state index contributed by atoms with van der Waals surface area (Å²) in [5.74, 6) is 0.0415. The normalized spacial score (nSPS) is 12.0. The topological polar surface area (TPSA) is 29.1 Å². The van der Waals surface area contributed by atoms with Crippen molar-refractivity contribution in [2.75, 3.05) is 5.32 Å². The Labute approximate surface area is 141 Å². The predicted octanol–water partition coefficient (Wildman–Crippen LogP) is 5.47. The molecule has 0 radical (unpaired) electrons. The van der Waals surface area contributed by atoms with Crippen LogP contribution in [0.1, 0.15) is 24.5 Å². The van der Waals surface area contributed by atoms with E-state index in [1.54, 1.807) is 11.8 Å². The van der Waals surface area contributed by atoms with Gasteiger partial charge in [-0.25, -0.2) is 0 Å². The van der Waals surface area contributed by atoms with Crippen molar-refractivity contribution in [1.29, 1.82) is 0 Å². The number of benzene rings is 2. The molecule has 1 amide bonds. The molecule has 116 valence electrons. The minimum atomic E-state index is -0.125. The van der Waals surface area contributed by atoms with Crippen molar-refractivity contribution in [3.8, 4) is 0 Å². The Balaban J connectivity index is 2.10. The van der Waals surface area contributed by atoms with Crippen LogP contribution in [0.2, 0.25) is 5.02 Å². The lowest BCUT2D eigenvalue weighted by atomic mass is 10.1. The van der Waals surface area contributed by atoms with Crippen LogP contribution in [0.25, 0.3) is 0 Å².